The van der Waals surface area contributed by atoms with Crippen molar-refractivity contribution in [2.75, 3.05) is 56.5 Å². The molecule has 33 heavy (non-hydrogen) atoms. The number of hydrogen-bond acceptors (Lipinski definition) is 8. The first-order valence-corrected chi connectivity index (χ1v) is 13.5. The van der Waals surface area contributed by atoms with Crippen LogP contribution in [0.1, 0.15) is 46.0 Å². The molecule has 1 aromatic rings. The van der Waals surface area contributed by atoms with Crippen LogP contribution in [0.15, 0.2) is 12.4 Å². The van der Waals surface area contributed by atoms with E-state index in [1.807, 2.05) is 18.7 Å². The molecular formula is C22H35N5O5S. The Morgan fingerprint density at radius 3 is 2.36 bits per heavy atom. The standard InChI is InChI=1S/C22H35N5O5S/c1-3-14-33(29,30)27-12-10-25(11-13-27)19-15-24-20(16-23-19)31-17-18-4-8-26(9-5-18)21(28)32-22(2)6-7-22/h15-16,18H,3-14,17H2,1-2H3. The monoisotopic (exact) mass is 481 g/mol. The van der Waals surface area contributed by atoms with E-state index < -0.39 is 10.0 Å². The van der Waals surface area contributed by atoms with E-state index in [-0.39, 0.29) is 17.4 Å². The van der Waals surface area contributed by atoms with Crippen molar-refractivity contribution in [3.63, 3.8) is 0 Å². The Hall–Kier alpha value is -2.14. The number of nitrogens with zero attached hydrogens (tertiary/aromatic N) is 5. The van der Waals surface area contributed by atoms with Crippen molar-refractivity contribution in [2.24, 2.45) is 5.92 Å². The first-order chi connectivity index (χ1) is 15.8. The summed E-state index contributed by atoms with van der Waals surface area (Å²) in [6.45, 7) is 7.90. The molecule has 10 nitrogen and oxygen atoms in total. The zero-order valence-electron chi connectivity index (χ0n) is 19.6. The molecule has 11 heteroatoms. The number of amides is 1. The van der Waals surface area contributed by atoms with E-state index in [2.05, 4.69) is 9.97 Å². The van der Waals surface area contributed by atoms with Crippen LogP contribution in [-0.4, -0.2) is 90.9 Å². The summed E-state index contributed by atoms with van der Waals surface area (Å²) in [6.07, 6.45) is 7.41. The molecule has 184 valence electrons. The quantitative estimate of drug-likeness (QED) is 0.556. The van der Waals surface area contributed by atoms with Crippen LogP contribution in [0.3, 0.4) is 0 Å². The van der Waals surface area contributed by atoms with E-state index >= 15 is 0 Å². The highest BCUT2D eigenvalue weighted by molar-refractivity contribution is 7.89. The van der Waals surface area contributed by atoms with E-state index in [1.54, 1.807) is 21.6 Å². The summed E-state index contributed by atoms with van der Waals surface area (Å²) >= 11 is 0. The Bertz CT molecular complexity index is 906. The van der Waals surface area contributed by atoms with Crippen molar-refractivity contribution in [1.82, 2.24) is 19.2 Å². The number of piperazine rings is 1. The minimum Gasteiger partial charge on any atom is -0.476 e. The summed E-state index contributed by atoms with van der Waals surface area (Å²) in [7, 11) is -3.16. The van der Waals surface area contributed by atoms with Crippen molar-refractivity contribution in [3.05, 3.63) is 12.4 Å². The highest BCUT2D eigenvalue weighted by atomic mass is 32.2. The van der Waals surface area contributed by atoms with Crippen LogP contribution in [-0.2, 0) is 14.8 Å². The van der Waals surface area contributed by atoms with Gasteiger partial charge in [-0.05, 0) is 44.9 Å². The first kappa shape index (κ1) is 24.0. The molecule has 1 aliphatic carbocycles. The largest absolute Gasteiger partial charge is 0.476 e. The fourth-order valence-corrected chi connectivity index (χ4v) is 5.66. The summed E-state index contributed by atoms with van der Waals surface area (Å²) in [4.78, 5) is 24.9. The number of hydrogen-bond donors (Lipinski definition) is 0. The number of carbonyl (C=O) groups is 1. The molecule has 3 fully saturated rings. The topological polar surface area (TPSA) is 105 Å². The molecule has 0 N–H and O–H groups in total. The molecule has 1 aromatic heterocycles. The minimum absolute atomic E-state index is 0.195. The van der Waals surface area contributed by atoms with Crippen LogP contribution >= 0.6 is 0 Å². The van der Waals surface area contributed by atoms with Gasteiger partial charge in [0.15, 0.2) is 0 Å². The lowest BCUT2D eigenvalue weighted by Gasteiger charge is -2.34. The lowest BCUT2D eigenvalue weighted by molar-refractivity contribution is 0.0454. The Kier molecular flexibility index (Phi) is 7.28. The van der Waals surface area contributed by atoms with Crippen molar-refractivity contribution >= 4 is 21.9 Å². The van der Waals surface area contributed by atoms with Gasteiger partial charge in [0.05, 0.1) is 24.8 Å². The summed E-state index contributed by atoms with van der Waals surface area (Å²) in [5.41, 5.74) is -0.234. The summed E-state index contributed by atoms with van der Waals surface area (Å²) in [6, 6.07) is 0. The molecule has 2 saturated heterocycles. The van der Waals surface area contributed by atoms with Crippen LogP contribution in [0.2, 0.25) is 0 Å². The predicted octanol–water partition coefficient (Wildman–Crippen LogP) is 2.12. The number of aromatic nitrogens is 2. The zero-order chi connectivity index (χ0) is 23.5. The molecule has 0 bridgehead atoms. The molecule has 0 radical (unpaired) electrons. The maximum Gasteiger partial charge on any atom is 0.410 e. The van der Waals surface area contributed by atoms with Crippen LogP contribution in [0.5, 0.6) is 5.88 Å². The van der Waals surface area contributed by atoms with Gasteiger partial charge in [-0.15, -0.1) is 0 Å². The van der Waals surface area contributed by atoms with Gasteiger partial charge in [-0.1, -0.05) is 6.92 Å². The average Bonchev–Trinajstić information content (AvgIpc) is 3.55. The number of ether oxygens (including phenoxy) is 2. The van der Waals surface area contributed by atoms with E-state index in [0.717, 1.165) is 31.5 Å². The van der Waals surface area contributed by atoms with Gasteiger partial charge in [0.25, 0.3) is 0 Å². The molecule has 1 saturated carbocycles. The van der Waals surface area contributed by atoms with Gasteiger partial charge in [0.2, 0.25) is 15.9 Å². The Morgan fingerprint density at radius 1 is 1.09 bits per heavy atom. The fourth-order valence-electron chi connectivity index (χ4n) is 4.17. The molecule has 3 aliphatic rings. The summed E-state index contributed by atoms with van der Waals surface area (Å²) in [5, 5.41) is 0. The second-order valence-electron chi connectivity index (χ2n) is 9.47. The van der Waals surface area contributed by atoms with Crippen molar-refractivity contribution in [2.45, 2.75) is 51.6 Å². The number of carbonyl (C=O) groups excluding carboxylic acids is 1. The first-order valence-electron chi connectivity index (χ1n) is 11.9. The van der Waals surface area contributed by atoms with Gasteiger partial charge in [0, 0.05) is 39.3 Å². The second kappa shape index (κ2) is 10.0. The van der Waals surface area contributed by atoms with E-state index in [1.165, 1.54) is 0 Å². The van der Waals surface area contributed by atoms with Gasteiger partial charge in [0.1, 0.15) is 11.4 Å². The maximum atomic E-state index is 12.2. The maximum absolute atomic E-state index is 12.2. The van der Waals surface area contributed by atoms with E-state index in [9.17, 15) is 13.2 Å². The van der Waals surface area contributed by atoms with Gasteiger partial charge in [-0.2, -0.15) is 4.31 Å². The number of sulfonamides is 1. The number of piperidine rings is 1. The van der Waals surface area contributed by atoms with Crippen molar-refractivity contribution in [1.29, 1.82) is 0 Å². The fraction of sp³-hybridized carbons (Fsp3) is 0.773. The lowest BCUT2D eigenvalue weighted by Crippen LogP contribution is -2.49. The third-order valence-corrected chi connectivity index (χ3v) is 8.74. The molecule has 0 aromatic carbocycles. The SMILES string of the molecule is CCCS(=O)(=O)N1CCN(c2cnc(OCC3CCN(C(=O)OC4(C)CC4)CC3)cn2)CC1. The van der Waals surface area contributed by atoms with Gasteiger partial charge in [-0.3, -0.25) is 0 Å². The van der Waals surface area contributed by atoms with Crippen molar-refractivity contribution < 1.29 is 22.7 Å². The summed E-state index contributed by atoms with van der Waals surface area (Å²) < 4.78 is 37.4. The molecule has 3 heterocycles. The average molecular weight is 482 g/mol. The van der Waals surface area contributed by atoms with Crippen LogP contribution in [0, 0.1) is 5.92 Å². The van der Waals surface area contributed by atoms with Gasteiger partial charge >= 0.3 is 6.09 Å². The third-order valence-electron chi connectivity index (χ3n) is 6.66. The van der Waals surface area contributed by atoms with Gasteiger partial charge < -0.3 is 19.3 Å². The number of likely N-dealkylation sites (tertiary alicyclic amines) is 1. The molecule has 2 aliphatic heterocycles. The Balaban J connectivity index is 1.18. The molecule has 0 unspecified atom stereocenters. The summed E-state index contributed by atoms with van der Waals surface area (Å²) in [5.74, 6) is 1.77. The minimum atomic E-state index is -3.16. The van der Waals surface area contributed by atoms with Crippen molar-refractivity contribution in [3.8, 4) is 5.88 Å². The van der Waals surface area contributed by atoms with E-state index in [0.29, 0.717) is 64.1 Å². The smallest absolute Gasteiger partial charge is 0.410 e. The lowest BCUT2D eigenvalue weighted by atomic mass is 9.98. The number of anilines is 1. The second-order valence-corrected chi connectivity index (χ2v) is 11.6. The van der Waals surface area contributed by atoms with E-state index in [4.69, 9.17) is 9.47 Å². The molecule has 0 atom stereocenters. The van der Waals surface area contributed by atoms with Gasteiger partial charge in [-0.25, -0.2) is 23.2 Å². The highest BCUT2D eigenvalue weighted by Crippen LogP contribution is 2.39. The number of rotatable bonds is 8. The third kappa shape index (κ3) is 6.26. The predicted molar refractivity (Wildman–Crippen MR) is 124 cm³/mol. The van der Waals surface area contributed by atoms with Crippen LogP contribution in [0.25, 0.3) is 0 Å². The Morgan fingerprint density at radius 2 is 1.79 bits per heavy atom. The zero-order valence-corrected chi connectivity index (χ0v) is 20.4. The molecule has 4 rings (SSSR count). The van der Waals surface area contributed by atoms with Crippen LogP contribution < -0.4 is 9.64 Å². The Labute approximate surface area is 196 Å². The van der Waals surface area contributed by atoms with Crippen LogP contribution in [0.4, 0.5) is 10.6 Å². The molecular weight excluding hydrogens is 446 g/mol. The highest BCUT2D eigenvalue weighted by Gasteiger charge is 2.43. The normalized spacial score (nSPS) is 21.6. The molecule has 0 spiro atoms. The molecule has 1 amide bonds.